The van der Waals surface area contributed by atoms with Crippen LogP contribution in [-0.2, 0) is 0 Å². The van der Waals surface area contributed by atoms with Crippen LogP contribution in [0.1, 0.15) is 44.2 Å². The van der Waals surface area contributed by atoms with Crippen LogP contribution in [-0.4, -0.2) is 23.5 Å². The number of unbranched alkanes of at least 4 members (excludes halogenated alkanes) is 3. The minimum Gasteiger partial charge on any atom is -0.310 e. The van der Waals surface area contributed by atoms with Gasteiger partial charge in [0, 0.05) is 18.4 Å². The molecule has 0 aliphatic carbocycles. The maximum atomic E-state index is 4.04. The van der Waals surface area contributed by atoms with Crippen molar-refractivity contribution >= 4 is 11.8 Å². The molecule has 1 aromatic rings. The van der Waals surface area contributed by atoms with Crippen molar-refractivity contribution in [3.05, 3.63) is 30.1 Å². The van der Waals surface area contributed by atoms with E-state index < -0.39 is 0 Å². The maximum absolute atomic E-state index is 4.04. The van der Waals surface area contributed by atoms with E-state index in [1.807, 2.05) is 24.2 Å². The first-order valence-electron chi connectivity index (χ1n) is 6.47. The van der Waals surface area contributed by atoms with Gasteiger partial charge in [-0.15, -0.1) is 0 Å². The smallest absolute Gasteiger partial charge is 0.0292 e. The molecule has 0 saturated carbocycles. The third-order valence-electron chi connectivity index (χ3n) is 2.93. The summed E-state index contributed by atoms with van der Waals surface area (Å²) < 4.78 is 0. The molecule has 0 aromatic carbocycles. The molecule has 1 rings (SSSR count). The Labute approximate surface area is 110 Å². The average molecular weight is 252 g/mol. The fourth-order valence-electron chi connectivity index (χ4n) is 1.81. The van der Waals surface area contributed by atoms with Gasteiger partial charge in [-0.2, -0.15) is 11.8 Å². The lowest BCUT2D eigenvalue weighted by Gasteiger charge is -2.13. The number of pyridine rings is 1. The standard InChI is InChI=1S/C14H24N2S/c1-13(14-7-10-15-11-8-14)16-9-5-3-4-6-12-17-2/h7-8,10-11,13,16H,3-6,9,12H2,1-2H3. The Morgan fingerprint density at radius 1 is 1.18 bits per heavy atom. The number of nitrogens with one attached hydrogen (secondary N) is 1. The second-order valence-electron chi connectivity index (χ2n) is 4.36. The van der Waals surface area contributed by atoms with Crippen LogP contribution in [0.15, 0.2) is 24.5 Å². The van der Waals surface area contributed by atoms with Gasteiger partial charge in [-0.05, 0) is 56.0 Å². The van der Waals surface area contributed by atoms with E-state index in [-0.39, 0.29) is 0 Å². The summed E-state index contributed by atoms with van der Waals surface area (Å²) in [7, 11) is 0. The first-order chi connectivity index (χ1) is 8.34. The molecular weight excluding hydrogens is 228 g/mol. The predicted molar refractivity (Wildman–Crippen MR) is 77.5 cm³/mol. The lowest BCUT2D eigenvalue weighted by Crippen LogP contribution is -2.19. The van der Waals surface area contributed by atoms with E-state index in [2.05, 4.69) is 35.6 Å². The zero-order valence-electron chi connectivity index (χ0n) is 11.0. The number of thioether (sulfide) groups is 1. The molecule has 17 heavy (non-hydrogen) atoms. The molecule has 1 heterocycles. The Morgan fingerprint density at radius 2 is 1.88 bits per heavy atom. The second-order valence-corrected chi connectivity index (χ2v) is 5.35. The normalized spacial score (nSPS) is 12.6. The molecular formula is C14H24N2S. The maximum Gasteiger partial charge on any atom is 0.0292 e. The zero-order chi connectivity index (χ0) is 12.3. The average Bonchev–Trinajstić information content (AvgIpc) is 2.38. The van der Waals surface area contributed by atoms with Gasteiger partial charge in [-0.3, -0.25) is 4.98 Å². The summed E-state index contributed by atoms with van der Waals surface area (Å²) in [5.41, 5.74) is 1.32. The van der Waals surface area contributed by atoms with Gasteiger partial charge in [-0.25, -0.2) is 0 Å². The highest BCUT2D eigenvalue weighted by atomic mass is 32.2. The summed E-state index contributed by atoms with van der Waals surface area (Å²) in [6.45, 7) is 3.33. The van der Waals surface area contributed by atoms with Crippen LogP contribution < -0.4 is 5.32 Å². The van der Waals surface area contributed by atoms with Crippen LogP contribution >= 0.6 is 11.8 Å². The molecule has 1 aromatic heterocycles. The molecule has 0 amide bonds. The van der Waals surface area contributed by atoms with Gasteiger partial charge in [0.1, 0.15) is 0 Å². The number of aromatic nitrogens is 1. The largest absolute Gasteiger partial charge is 0.310 e. The van der Waals surface area contributed by atoms with E-state index in [0.29, 0.717) is 6.04 Å². The van der Waals surface area contributed by atoms with Crippen LogP contribution in [0.25, 0.3) is 0 Å². The van der Waals surface area contributed by atoms with Crippen molar-refractivity contribution in [1.82, 2.24) is 10.3 Å². The van der Waals surface area contributed by atoms with Gasteiger partial charge in [0.2, 0.25) is 0 Å². The number of hydrogen-bond donors (Lipinski definition) is 1. The Hall–Kier alpha value is -0.540. The van der Waals surface area contributed by atoms with Crippen molar-refractivity contribution < 1.29 is 0 Å². The van der Waals surface area contributed by atoms with Gasteiger partial charge >= 0.3 is 0 Å². The molecule has 3 heteroatoms. The summed E-state index contributed by atoms with van der Waals surface area (Å²) >= 11 is 1.95. The van der Waals surface area contributed by atoms with Crippen molar-refractivity contribution in [2.24, 2.45) is 0 Å². The number of hydrogen-bond acceptors (Lipinski definition) is 3. The first kappa shape index (κ1) is 14.5. The molecule has 0 fully saturated rings. The summed E-state index contributed by atoms with van der Waals surface area (Å²) in [4.78, 5) is 4.04. The summed E-state index contributed by atoms with van der Waals surface area (Å²) in [6.07, 6.45) is 11.2. The Balaban J connectivity index is 2.03. The van der Waals surface area contributed by atoms with Crippen LogP contribution in [0.3, 0.4) is 0 Å². The minimum absolute atomic E-state index is 0.434. The lowest BCUT2D eigenvalue weighted by atomic mass is 10.1. The van der Waals surface area contributed by atoms with Crippen molar-refractivity contribution in [1.29, 1.82) is 0 Å². The third kappa shape index (κ3) is 6.69. The van der Waals surface area contributed by atoms with E-state index >= 15 is 0 Å². The van der Waals surface area contributed by atoms with Crippen molar-refractivity contribution in [3.63, 3.8) is 0 Å². The molecule has 0 aliphatic rings. The minimum atomic E-state index is 0.434. The topological polar surface area (TPSA) is 24.9 Å². The second kappa shape index (κ2) is 9.49. The van der Waals surface area contributed by atoms with Gasteiger partial charge in [0.05, 0.1) is 0 Å². The number of nitrogens with zero attached hydrogens (tertiary/aromatic N) is 1. The number of rotatable bonds is 9. The van der Waals surface area contributed by atoms with Crippen LogP contribution in [0.5, 0.6) is 0 Å². The van der Waals surface area contributed by atoms with Gasteiger partial charge < -0.3 is 5.32 Å². The van der Waals surface area contributed by atoms with Crippen LogP contribution in [0, 0.1) is 0 Å². The van der Waals surface area contributed by atoms with Crippen LogP contribution in [0.4, 0.5) is 0 Å². The Morgan fingerprint density at radius 3 is 2.59 bits per heavy atom. The highest BCUT2D eigenvalue weighted by Gasteiger charge is 2.02. The van der Waals surface area contributed by atoms with Gasteiger partial charge in [0.25, 0.3) is 0 Å². The quantitative estimate of drug-likeness (QED) is 0.679. The molecule has 0 spiro atoms. The van der Waals surface area contributed by atoms with Crippen molar-refractivity contribution in [3.8, 4) is 0 Å². The molecule has 0 saturated heterocycles. The fraction of sp³-hybridized carbons (Fsp3) is 0.643. The van der Waals surface area contributed by atoms with E-state index in [4.69, 9.17) is 0 Å². The van der Waals surface area contributed by atoms with Crippen LogP contribution in [0.2, 0.25) is 0 Å². The molecule has 1 N–H and O–H groups in total. The fourth-order valence-corrected chi connectivity index (χ4v) is 2.31. The predicted octanol–water partition coefficient (Wildman–Crippen LogP) is 3.66. The van der Waals surface area contributed by atoms with Crippen molar-refractivity contribution in [2.75, 3.05) is 18.6 Å². The van der Waals surface area contributed by atoms with E-state index in [0.717, 1.165) is 6.54 Å². The summed E-state index contributed by atoms with van der Waals surface area (Å²) in [5, 5.41) is 3.56. The van der Waals surface area contributed by atoms with Gasteiger partial charge in [-0.1, -0.05) is 12.8 Å². The highest BCUT2D eigenvalue weighted by Crippen LogP contribution is 2.10. The summed E-state index contributed by atoms with van der Waals surface area (Å²) in [5.74, 6) is 1.31. The molecule has 2 nitrogen and oxygen atoms in total. The molecule has 96 valence electrons. The van der Waals surface area contributed by atoms with Crippen molar-refractivity contribution in [2.45, 2.75) is 38.6 Å². The highest BCUT2D eigenvalue weighted by molar-refractivity contribution is 7.98. The van der Waals surface area contributed by atoms with E-state index in [1.165, 1.54) is 37.0 Å². The first-order valence-corrected chi connectivity index (χ1v) is 7.86. The Kier molecular flexibility index (Phi) is 8.10. The Bertz CT molecular complexity index is 277. The molecule has 0 bridgehead atoms. The molecule has 0 aliphatic heterocycles. The summed E-state index contributed by atoms with van der Waals surface area (Å²) in [6, 6.07) is 4.59. The molecule has 1 unspecified atom stereocenters. The lowest BCUT2D eigenvalue weighted by molar-refractivity contribution is 0.537. The van der Waals surface area contributed by atoms with E-state index in [1.54, 1.807) is 0 Å². The zero-order valence-corrected chi connectivity index (χ0v) is 11.8. The monoisotopic (exact) mass is 252 g/mol. The van der Waals surface area contributed by atoms with Gasteiger partial charge in [0.15, 0.2) is 0 Å². The molecule has 1 atom stereocenters. The molecule has 0 radical (unpaired) electrons. The van der Waals surface area contributed by atoms with E-state index in [9.17, 15) is 0 Å². The SMILES string of the molecule is CSCCCCCCNC(C)c1ccncc1. The third-order valence-corrected chi connectivity index (χ3v) is 3.63.